The third-order valence-electron chi connectivity index (χ3n) is 14.6. The monoisotopic (exact) mass is 966 g/mol. The summed E-state index contributed by atoms with van der Waals surface area (Å²) in [5.74, 6) is 0. The van der Waals surface area contributed by atoms with Crippen molar-refractivity contribution in [2.45, 2.75) is 33.2 Å². The van der Waals surface area contributed by atoms with E-state index >= 15 is 0 Å². The van der Waals surface area contributed by atoms with Crippen molar-refractivity contribution in [1.82, 2.24) is 0 Å². The molecule has 0 spiro atoms. The lowest BCUT2D eigenvalue weighted by Crippen LogP contribution is -2.30. The number of rotatable bonds is 13. The van der Waals surface area contributed by atoms with Gasteiger partial charge in [-0.25, -0.2) is 0 Å². The molecule has 75 heavy (non-hydrogen) atoms. The zero-order valence-electron chi connectivity index (χ0n) is 42.6. The quantitative estimate of drug-likeness (QED) is 0.114. The van der Waals surface area contributed by atoms with Crippen molar-refractivity contribution in [3.63, 3.8) is 0 Å². The Bertz CT molecular complexity index is 3770. The smallest absolute Gasteiger partial charge is 0.0560 e. The first-order valence-electron chi connectivity index (χ1n) is 26.0. The van der Waals surface area contributed by atoms with E-state index in [0.717, 1.165) is 63.3 Å². The van der Waals surface area contributed by atoms with Gasteiger partial charge >= 0.3 is 0 Å². The number of hydrogen-bond donors (Lipinski definition) is 0. The molecule has 1 unspecified atom stereocenters. The second-order valence-electron chi connectivity index (χ2n) is 19.5. The summed E-state index contributed by atoms with van der Waals surface area (Å²) in [5.41, 5.74) is 18.5. The van der Waals surface area contributed by atoms with E-state index in [-0.39, 0.29) is 6.04 Å². The van der Waals surface area contributed by atoms with Crippen molar-refractivity contribution < 1.29 is 0 Å². The average molecular weight is 967 g/mol. The van der Waals surface area contributed by atoms with Crippen LogP contribution in [-0.4, -0.2) is 6.04 Å². The SMILES string of the molecule is Cc1ccc(N(c2ccccc2)c2ccc(N(c3ccccc3)c3cc(C)c(-c4c(C)cc(N(c5ccc(N(c6ccccc6)c6ccccc6)cc5)C5C=CC=CC5)c5ccccc45)c4ccccc34)cc2)cc1. The molecule has 0 heterocycles. The van der Waals surface area contributed by atoms with E-state index < -0.39 is 0 Å². The third kappa shape index (κ3) is 9.13. The maximum Gasteiger partial charge on any atom is 0.0560 e. The molecule has 0 bridgehead atoms. The largest absolute Gasteiger partial charge is 0.334 e. The molecule has 0 aromatic heterocycles. The summed E-state index contributed by atoms with van der Waals surface area (Å²) >= 11 is 0. The van der Waals surface area contributed by atoms with Crippen LogP contribution in [0.4, 0.5) is 62.6 Å². The van der Waals surface area contributed by atoms with Crippen molar-refractivity contribution in [2.75, 3.05) is 19.6 Å². The summed E-state index contributed by atoms with van der Waals surface area (Å²) in [7, 11) is 0. The number of hydrogen-bond acceptors (Lipinski definition) is 4. The number of anilines is 11. The standard InChI is InChI=1S/C71H58N4/c1-51-37-39-59(40-38-51)73(56-27-13-6-14-28-56)61-43-47-63(48-44-61)75(58-31-17-8-18-32-58)69-50-53(3)71(67-36-22-20-34-65(67)69)70-52(2)49-68(64-33-19-21-35-66(64)70)74(57-29-15-7-16-30-57)62-45-41-60(42-46-62)72(54-23-9-4-10-24-54)55-25-11-5-12-26-55/h4-29,31-50,57H,30H2,1-3H3. The van der Waals surface area contributed by atoms with Gasteiger partial charge in [0.05, 0.1) is 11.7 Å². The van der Waals surface area contributed by atoms with Crippen molar-refractivity contribution >= 4 is 84.1 Å². The molecule has 0 saturated carbocycles. The number of nitrogens with zero attached hydrogens (tertiary/aromatic N) is 4. The highest BCUT2D eigenvalue weighted by Crippen LogP contribution is 2.49. The van der Waals surface area contributed by atoms with E-state index in [2.05, 4.69) is 319 Å². The van der Waals surface area contributed by atoms with Gasteiger partial charge in [0, 0.05) is 67.6 Å². The molecule has 11 aromatic rings. The van der Waals surface area contributed by atoms with Gasteiger partial charge in [0.15, 0.2) is 0 Å². The predicted molar refractivity (Wildman–Crippen MR) is 320 cm³/mol. The second kappa shape index (κ2) is 20.6. The van der Waals surface area contributed by atoms with Crippen LogP contribution in [0.5, 0.6) is 0 Å². The van der Waals surface area contributed by atoms with Gasteiger partial charge in [-0.3, -0.25) is 0 Å². The van der Waals surface area contributed by atoms with Gasteiger partial charge in [0.2, 0.25) is 0 Å². The molecule has 4 heteroatoms. The van der Waals surface area contributed by atoms with E-state index in [4.69, 9.17) is 0 Å². The fraction of sp³-hybridized carbons (Fsp3) is 0.0704. The molecule has 12 rings (SSSR count). The maximum absolute atomic E-state index is 2.55. The predicted octanol–water partition coefficient (Wildman–Crippen LogP) is 20.0. The Morgan fingerprint density at radius 2 is 0.640 bits per heavy atom. The summed E-state index contributed by atoms with van der Waals surface area (Å²) < 4.78 is 0. The highest BCUT2D eigenvalue weighted by molar-refractivity contribution is 6.14. The van der Waals surface area contributed by atoms with Crippen LogP contribution < -0.4 is 19.6 Å². The normalized spacial score (nSPS) is 13.0. The molecular weight excluding hydrogens is 909 g/mol. The lowest BCUT2D eigenvalue weighted by molar-refractivity contribution is 0.787. The first-order valence-corrected chi connectivity index (χ1v) is 26.0. The highest BCUT2D eigenvalue weighted by Gasteiger charge is 2.26. The Kier molecular flexibility index (Phi) is 12.8. The third-order valence-corrected chi connectivity index (χ3v) is 14.6. The van der Waals surface area contributed by atoms with E-state index in [9.17, 15) is 0 Å². The maximum atomic E-state index is 2.55. The highest BCUT2D eigenvalue weighted by atomic mass is 15.2. The Morgan fingerprint density at radius 3 is 1.07 bits per heavy atom. The lowest BCUT2D eigenvalue weighted by Gasteiger charge is -2.35. The first-order chi connectivity index (χ1) is 37.0. The molecule has 1 aliphatic carbocycles. The van der Waals surface area contributed by atoms with E-state index in [1.165, 1.54) is 55.0 Å². The molecule has 0 fully saturated rings. The molecule has 362 valence electrons. The van der Waals surface area contributed by atoms with E-state index in [1.54, 1.807) is 0 Å². The van der Waals surface area contributed by atoms with Gasteiger partial charge in [-0.1, -0.05) is 163 Å². The van der Waals surface area contributed by atoms with Crippen molar-refractivity contribution in [1.29, 1.82) is 0 Å². The topological polar surface area (TPSA) is 13.0 Å². The van der Waals surface area contributed by atoms with Gasteiger partial charge in [-0.15, -0.1) is 0 Å². The number of aryl methyl sites for hydroxylation is 3. The Morgan fingerprint density at radius 1 is 0.307 bits per heavy atom. The van der Waals surface area contributed by atoms with Crippen LogP contribution in [0.3, 0.4) is 0 Å². The molecule has 0 aliphatic heterocycles. The fourth-order valence-corrected chi connectivity index (χ4v) is 11.1. The Balaban J connectivity index is 0.973. The lowest BCUT2D eigenvalue weighted by atomic mass is 9.86. The molecular formula is C71H58N4. The summed E-state index contributed by atoms with van der Waals surface area (Å²) in [6.07, 6.45) is 9.90. The van der Waals surface area contributed by atoms with E-state index in [1.807, 2.05) is 0 Å². The minimum atomic E-state index is 0.123. The minimum Gasteiger partial charge on any atom is -0.334 e. The van der Waals surface area contributed by atoms with Gasteiger partial charge in [-0.05, 0) is 182 Å². The molecule has 0 saturated heterocycles. The fourth-order valence-electron chi connectivity index (χ4n) is 11.1. The van der Waals surface area contributed by atoms with Crippen LogP contribution in [-0.2, 0) is 0 Å². The molecule has 11 aromatic carbocycles. The van der Waals surface area contributed by atoms with Crippen LogP contribution in [0.2, 0.25) is 0 Å². The molecule has 1 aliphatic rings. The first kappa shape index (κ1) is 46.7. The number of fused-ring (bicyclic) bond motifs is 2. The molecule has 1 atom stereocenters. The van der Waals surface area contributed by atoms with Crippen LogP contribution >= 0.6 is 0 Å². The van der Waals surface area contributed by atoms with Gasteiger partial charge in [-0.2, -0.15) is 0 Å². The van der Waals surface area contributed by atoms with Crippen molar-refractivity contribution in [3.8, 4) is 11.1 Å². The summed E-state index contributed by atoms with van der Waals surface area (Å²) in [6, 6.07) is 92.6. The Labute approximate surface area is 441 Å². The summed E-state index contributed by atoms with van der Waals surface area (Å²) in [6.45, 7) is 6.73. The van der Waals surface area contributed by atoms with Crippen LogP contribution in [0.15, 0.2) is 279 Å². The zero-order chi connectivity index (χ0) is 50.7. The number of allylic oxidation sites excluding steroid dienone is 2. The zero-order valence-corrected chi connectivity index (χ0v) is 42.6. The minimum absolute atomic E-state index is 0.123. The average Bonchev–Trinajstić information content (AvgIpc) is 3.47. The van der Waals surface area contributed by atoms with Crippen LogP contribution in [0.1, 0.15) is 23.1 Å². The van der Waals surface area contributed by atoms with Crippen molar-refractivity contribution in [3.05, 3.63) is 296 Å². The number of benzene rings is 11. The van der Waals surface area contributed by atoms with E-state index in [0.29, 0.717) is 0 Å². The molecule has 0 N–H and O–H groups in total. The van der Waals surface area contributed by atoms with Crippen LogP contribution in [0.25, 0.3) is 32.7 Å². The molecule has 0 radical (unpaired) electrons. The Hall–Kier alpha value is -9.38. The summed E-state index contributed by atoms with van der Waals surface area (Å²) in [4.78, 5) is 9.62. The van der Waals surface area contributed by atoms with Crippen molar-refractivity contribution in [2.24, 2.45) is 0 Å². The summed E-state index contributed by atoms with van der Waals surface area (Å²) in [5, 5.41) is 4.85. The van der Waals surface area contributed by atoms with Gasteiger partial charge in [0.25, 0.3) is 0 Å². The number of para-hydroxylation sites is 4. The van der Waals surface area contributed by atoms with Crippen LogP contribution in [0, 0.1) is 20.8 Å². The second-order valence-corrected chi connectivity index (χ2v) is 19.5. The van der Waals surface area contributed by atoms with Gasteiger partial charge < -0.3 is 19.6 Å². The molecule has 4 nitrogen and oxygen atoms in total. The van der Waals surface area contributed by atoms with Gasteiger partial charge in [0.1, 0.15) is 0 Å². The molecule has 0 amide bonds.